The molecule has 1 aromatic carbocycles. The van der Waals surface area contributed by atoms with Crippen LogP contribution in [0.15, 0.2) is 39.8 Å². The number of carbonyl (C=O) groups excluding carboxylic acids is 1. The molecule has 0 atom stereocenters. The normalized spacial score (nSPS) is 15.7. The van der Waals surface area contributed by atoms with Crippen molar-refractivity contribution in [3.63, 3.8) is 0 Å². The fourth-order valence-corrected chi connectivity index (χ4v) is 5.24. The van der Waals surface area contributed by atoms with Crippen LogP contribution in [0.4, 0.5) is 4.39 Å². The van der Waals surface area contributed by atoms with Crippen molar-refractivity contribution in [1.82, 2.24) is 14.2 Å². The molecule has 1 fully saturated rings. The predicted molar refractivity (Wildman–Crippen MR) is 103 cm³/mol. The number of hydrogen-bond acceptors (Lipinski definition) is 3. The third-order valence-corrected chi connectivity index (χ3v) is 6.86. The van der Waals surface area contributed by atoms with Gasteiger partial charge in [-0.1, -0.05) is 22.4 Å². The van der Waals surface area contributed by atoms with Gasteiger partial charge in [-0.25, -0.2) is 12.8 Å². The summed E-state index contributed by atoms with van der Waals surface area (Å²) in [6.07, 6.45) is 4.19. The number of carbonyl (C=O) groups is 1. The largest absolute Gasteiger partial charge is 0.347 e. The zero-order chi connectivity index (χ0) is 19.6. The quantitative estimate of drug-likeness (QED) is 0.749. The van der Waals surface area contributed by atoms with E-state index in [2.05, 4.69) is 21.2 Å². The van der Waals surface area contributed by atoms with Crippen LogP contribution in [0, 0.1) is 5.82 Å². The first-order valence-electron chi connectivity index (χ1n) is 8.67. The van der Waals surface area contributed by atoms with Gasteiger partial charge in [0, 0.05) is 37.4 Å². The van der Waals surface area contributed by atoms with Crippen LogP contribution in [0.2, 0.25) is 0 Å². The standard InChI is InChI=1S/C18H21BrFN3O3S/c1-22-12-16(27(25,26)23-5-3-2-4-6-23)10-17(22)18(24)21-11-13-7-14(19)9-15(20)8-13/h7-10,12H,2-6,11H2,1H3,(H,21,24). The van der Waals surface area contributed by atoms with E-state index in [0.717, 1.165) is 19.3 Å². The van der Waals surface area contributed by atoms with Gasteiger partial charge in [0.15, 0.2) is 0 Å². The smallest absolute Gasteiger partial charge is 0.268 e. The van der Waals surface area contributed by atoms with Gasteiger partial charge in [0.25, 0.3) is 5.91 Å². The molecule has 1 aliphatic rings. The van der Waals surface area contributed by atoms with E-state index >= 15 is 0 Å². The Hall–Kier alpha value is -1.71. The Kier molecular flexibility index (Phi) is 6.02. The second kappa shape index (κ2) is 8.12. The topological polar surface area (TPSA) is 71.4 Å². The number of halogens is 2. The van der Waals surface area contributed by atoms with E-state index in [1.165, 1.54) is 33.3 Å². The lowest BCUT2D eigenvalue weighted by molar-refractivity contribution is 0.0942. The maximum atomic E-state index is 13.4. The fourth-order valence-electron chi connectivity index (χ4n) is 3.14. The molecule has 9 heteroatoms. The Morgan fingerprint density at radius 2 is 1.89 bits per heavy atom. The third-order valence-electron chi connectivity index (χ3n) is 4.54. The minimum atomic E-state index is -3.60. The second-order valence-corrected chi connectivity index (χ2v) is 9.45. The van der Waals surface area contributed by atoms with Gasteiger partial charge in [-0.2, -0.15) is 4.31 Å². The Labute approximate surface area is 166 Å². The van der Waals surface area contributed by atoms with Crippen LogP contribution >= 0.6 is 15.9 Å². The number of aromatic nitrogens is 1. The lowest BCUT2D eigenvalue weighted by Crippen LogP contribution is -2.35. The zero-order valence-electron chi connectivity index (χ0n) is 14.9. The average molecular weight is 458 g/mol. The van der Waals surface area contributed by atoms with Gasteiger partial charge >= 0.3 is 0 Å². The number of benzene rings is 1. The molecule has 0 bridgehead atoms. The summed E-state index contributed by atoms with van der Waals surface area (Å²) in [7, 11) is -1.97. The van der Waals surface area contributed by atoms with Gasteiger partial charge in [0.05, 0.1) is 0 Å². The Balaban J connectivity index is 1.74. The van der Waals surface area contributed by atoms with Crippen molar-refractivity contribution in [1.29, 1.82) is 0 Å². The van der Waals surface area contributed by atoms with Gasteiger partial charge in [-0.15, -0.1) is 0 Å². The third kappa shape index (κ3) is 4.59. The molecule has 1 amide bonds. The number of hydrogen-bond donors (Lipinski definition) is 1. The molecule has 1 N–H and O–H groups in total. The second-order valence-electron chi connectivity index (χ2n) is 6.60. The highest BCUT2D eigenvalue weighted by atomic mass is 79.9. The van der Waals surface area contributed by atoms with Crippen LogP contribution in [0.25, 0.3) is 0 Å². The van der Waals surface area contributed by atoms with Gasteiger partial charge < -0.3 is 9.88 Å². The summed E-state index contributed by atoms with van der Waals surface area (Å²) in [5.41, 5.74) is 0.839. The summed E-state index contributed by atoms with van der Waals surface area (Å²) in [6.45, 7) is 1.15. The molecule has 3 rings (SSSR count). The molecule has 6 nitrogen and oxygen atoms in total. The van der Waals surface area contributed by atoms with Crippen LogP contribution < -0.4 is 5.32 Å². The lowest BCUT2D eigenvalue weighted by Gasteiger charge is -2.25. The predicted octanol–water partition coefficient (Wildman–Crippen LogP) is 3.03. The van der Waals surface area contributed by atoms with Gasteiger partial charge in [-0.3, -0.25) is 4.79 Å². The van der Waals surface area contributed by atoms with Crippen LogP contribution in [-0.4, -0.2) is 36.3 Å². The van der Waals surface area contributed by atoms with Crippen LogP contribution in [0.5, 0.6) is 0 Å². The van der Waals surface area contributed by atoms with Crippen LogP contribution in [0.3, 0.4) is 0 Å². The Morgan fingerprint density at radius 3 is 2.56 bits per heavy atom. The van der Waals surface area contributed by atoms with Crippen molar-refractivity contribution in [2.75, 3.05) is 13.1 Å². The first-order chi connectivity index (χ1) is 12.8. The minimum Gasteiger partial charge on any atom is -0.347 e. The van der Waals surface area contributed by atoms with E-state index in [1.54, 1.807) is 13.1 Å². The maximum absolute atomic E-state index is 13.4. The molecule has 1 aliphatic heterocycles. The highest BCUT2D eigenvalue weighted by Gasteiger charge is 2.28. The molecule has 0 spiro atoms. The maximum Gasteiger partial charge on any atom is 0.268 e. The summed E-state index contributed by atoms with van der Waals surface area (Å²) in [5.74, 6) is -0.819. The SMILES string of the molecule is Cn1cc(S(=O)(=O)N2CCCCC2)cc1C(=O)NCc1cc(F)cc(Br)c1. The monoisotopic (exact) mass is 457 g/mol. The molecular weight excluding hydrogens is 437 g/mol. The number of piperidine rings is 1. The molecule has 2 aromatic rings. The highest BCUT2D eigenvalue weighted by molar-refractivity contribution is 9.10. The molecule has 1 saturated heterocycles. The molecule has 146 valence electrons. The summed E-state index contributed by atoms with van der Waals surface area (Å²) in [4.78, 5) is 12.6. The van der Waals surface area contributed by atoms with Crippen LogP contribution in [-0.2, 0) is 23.6 Å². The first kappa shape index (κ1) is 20.0. The van der Waals surface area contributed by atoms with Gasteiger partial charge in [0.2, 0.25) is 10.0 Å². The Bertz CT molecular complexity index is 933. The summed E-state index contributed by atoms with van der Waals surface area (Å²) < 4.78 is 42.5. The van der Waals surface area contributed by atoms with E-state index in [0.29, 0.717) is 23.1 Å². The first-order valence-corrected chi connectivity index (χ1v) is 10.9. The van der Waals surface area contributed by atoms with Gasteiger partial charge in [-0.05, 0) is 42.7 Å². The van der Waals surface area contributed by atoms with Crippen molar-refractivity contribution >= 4 is 31.9 Å². The van der Waals surface area contributed by atoms with Crippen molar-refractivity contribution < 1.29 is 17.6 Å². The Morgan fingerprint density at radius 1 is 1.19 bits per heavy atom. The molecule has 0 aliphatic carbocycles. The fraction of sp³-hybridized carbons (Fsp3) is 0.389. The van der Waals surface area contributed by atoms with Crippen molar-refractivity contribution in [2.24, 2.45) is 7.05 Å². The van der Waals surface area contributed by atoms with Crippen molar-refractivity contribution in [3.8, 4) is 0 Å². The number of sulfonamides is 1. The number of nitrogens with one attached hydrogen (secondary N) is 1. The van der Waals surface area contributed by atoms with Crippen molar-refractivity contribution in [2.45, 2.75) is 30.7 Å². The van der Waals surface area contributed by atoms with E-state index in [9.17, 15) is 17.6 Å². The molecule has 1 aromatic heterocycles. The van der Waals surface area contributed by atoms with Crippen molar-refractivity contribution in [3.05, 3.63) is 52.0 Å². The zero-order valence-corrected chi connectivity index (χ0v) is 17.3. The number of nitrogens with zero attached hydrogens (tertiary/aromatic N) is 2. The molecular formula is C18H21BrFN3O3S. The minimum absolute atomic E-state index is 0.116. The molecule has 0 radical (unpaired) electrons. The highest BCUT2D eigenvalue weighted by Crippen LogP contribution is 2.22. The molecule has 2 heterocycles. The molecule has 0 unspecified atom stereocenters. The number of amides is 1. The van der Waals surface area contributed by atoms with E-state index in [-0.39, 0.29) is 17.1 Å². The number of rotatable bonds is 5. The summed E-state index contributed by atoms with van der Waals surface area (Å²) >= 11 is 3.21. The van der Waals surface area contributed by atoms with Gasteiger partial charge in [0.1, 0.15) is 16.4 Å². The van der Waals surface area contributed by atoms with E-state index in [4.69, 9.17) is 0 Å². The number of aryl methyl sites for hydroxylation is 1. The summed E-state index contributed by atoms with van der Waals surface area (Å²) in [5, 5.41) is 2.70. The summed E-state index contributed by atoms with van der Waals surface area (Å²) in [6, 6.07) is 5.77. The van der Waals surface area contributed by atoms with Crippen LogP contribution in [0.1, 0.15) is 35.3 Å². The molecule has 27 heavy (non-hydrogen) atoms. The lowest BCUT2D eigenvalue weighted by atomic mass is 10.2. The van der Waals surface area contributed by atoms with E-state index in [1.807, 2.05) is 0 Å². The average Bonchev–Trinajstić information content (AvgIpc) is 3.02. The van der Waals surface area contributed by atoms with E-state index < -0.39 is 21.7 Å². The molecule has 0 saturated carbocycles.